The van der Waals surface area contributed by atoms with Crippen molar-refractivity contribution in [2.45, 2.75) is 24.1 Å². The first-order valence-corrected chi connectivity index (χ1v) is 6.61. The Labute approximate surface area is 98.1 Å². The Hall–Kier alpha value is -0.380. The molecule has 2 atom stereocenters. The van der Waals surface area contributed by atoms with Gasteiger partial charge in [-0.05, 0) is 25.2 Å². The van der Waals surface area contributed by atoms with Gasteiger partial charge in [0, 0.05) is 17.1 Å². The lowest BCUT2D eigenvalue weighted by Gasteiger charge is -2.18. The molecule has 1 saturated heterocycles. The first-order chi connectivity index (χ1) is 7.24. The van der Waals surface area contributed by atoms with Gasteiger partial charge in [-0.2, -0.15) is 0 Å². The van der Waals surface area contributed by atoms with Crippen molar-refractivity contribution in [1.82, 2.24) is 4.90 Å². The summed E-state index contributed by atoms with van der Waals surface area (Å²) in [6, 6.07) is 0. The van der Waals surface area contributed by atoms with Crippen LogP contribution in [-0.4, -0.2) is 41.0 Å². The molecule has 1 aliphatic carbocycles. The number of likely N-dealkylation sites (tertiary alicyclic amines) is 1. The zero-order valence-corrected chi connectivity index (χ0v) is 10.2. The van der Waals surface area contributed by atoms with Crippen LogP contribution < -0.4 is 0 Å². The van der Waals surface area contributed by atoms with Crippen molar-refractivity contribution < 1.29 is 4.79 Å². The van der Waals surface area contributed by atoms with Crippen LogP contribution in [0.2, 0.25) is 0 Å². The Bertz CT molecular complexity index is 325. The Kier molecular flexibility index (Phi) is 2.34. The van der Waals surface area contributed by atoms with Gasteiger partial charge < -0.3 is 4.90 Å². The maximum absolute atomic E-state index is 12.1. The third kappa shape index (κ3) is 1.84. The zero-order chi connectivity index (χ0) is 10.4. The van der Waals surface area contributed by atoms with E-state index >= 15 is 0 Å². The van der Waals surface area contributed by atoms with Gasteiger partial charge >= 0.3 is 0 Å². The highest BCUT2D eigenvalue weighted by molar-refractivity contribution is 9.09. The first kappa shape index (κ1) is 9.82. The third-order valence-corrected chi connectivity index (χ3v) is 4.19. The molecule has 2 heterocycles. The molecule has 82 valence electrons. The second kappa shape index (κ2) is 3.58. The second-order valence-corrected chi connectivity index (χ2v) is 6.17. The van der Waals surface area contributed by atoms with Gasteiger partial charge in [0.2, 0.25) is 5.91 Å². The van der Waals surface area contributed by atoms with E-state index in [0.29, 0.717) is 10.7 Å². The van der Waals surface area contributed by atoms with E-state index in [1.165, 1.54) is 12.8 Å². The Morgan fingerprint density at radius 3 is 3.00 bits per heavy atom. The number of halogens is 1. The summed E-state index contributed by atoms with van der Waals surface area (Å²) in [6.07, 6.45) is 3.56. The molecule has 0 aromatic rings. The van der Waals surface area contributed by atoms with E-state index in [1.807, 2.05) is 4.90 Å². The number of aliphatic imine (C=N–C) groups is 1. The van der Waals surface area contributed by atoms with E-state index in [0.717, 1.165) is 37.7 Å². The van der Waals surface area contributed by atoms with Gasteiger partial charge in [0.15, 0.2) is 0 Å². The number of hydrogen-bond acceptors (Lipinski definition) is 2. The van der Waals surface area contributed by atoms with Crippen molar-refractivity contribution in [3.8, 4) is 0 Å². The highest BCUT2D eigenvalue weighted by Crippen LogP contribution is 2.33. The van der Waals surface area contributed by atoms with Crippen LogP contribution in [0.3, 0.4) is 0 Å². The van der Waals surface area contributed by atoms with Crippen LogP contribution in [0.5, 0.6) is 0 Å². The van der Waals surface area contributed by atoms with Crippen LogP contribution >= 0.6 is 15.9 Å². The van der Waals surface area contributed by atoms with Crippen LogP contribution in [0.15, 0.2) is 4.99 Å². The monoisotopic (exact) mass is 270 g/mol. The predicted octanol–water partition coefficient (Wildman–Crippen LogP) is 1.46. The van der Waals surface area contributed by atoms with Gasteiger partial charge in [-0.1, -0.05) is 15.9 Å². The molecule has 2 fully saturated rings. The van der Waals surface area contributed by atoms with E-state index in [9.17, 15) is 4.79 Å². The molecular weight excluding hydrogens is 256 g/mol. The lowest BCUT2D eigenvalue weighted by molar-refractivity contribution is -0.130. The summed E-state index contributed by atoms with van der Waals surface area (Å²) >= 11 is 3.56. The van der Waals surface area contributed by atoms with Gasteiger partial charge in [0.25, 0.3) is 0 Å². The number of rotatable bonds is 2. The fourth-order valence-electron chi connectivity index (χ4n) is 2.46. The molecule has 15 heavy (non-hydrogen) atoms. The Morgan fingerprint density at radius 2 is 2.27 bits per heavy atom. The predicted molar refractivity (Wildman–Crippen MR) is 62.4 cm³/mol. The molecule has 3 nitrogen and oxygen atoms in total. The summed E-state index contributed by atoms with van der Waals surface area (Å²) in [5.41, 5.74) is 1.14. The van der Waals surface area contributed by atoms with Gasteiger partial charge in [-0.25, -0.2) is 0 Å². The van der Waals surface area contributed by atoms with E-state index in [-0.39, 0.29) is 5.92 Å². The smallest absolute Gasteiger partial charge is 0.231 e. The molecule has 3 rings (SSSR count). The maximum Gasteiger partial charge on any atom is 0.231 e. The highest BCUT2D eigenvalue weighted by atomic mass is 79.9. The van der Waals surface area contributed by atoms with Gasteiger partial charge in [0.05, 0.1) is 19.0 Å². The van der Waals surface area contributed by atoms with E-state index in [2.05, 4.69) is 20.9 Å². The largest absolute Gasteiger partial charge is 0.336 e. The van der Waals surface area contributed by atoms with E-state index in [1.54, 1.807) is 0 Å². The van der Waals surface area contributed by atoms with Crippen LogP contribution in [0.1, 0.15) is 19.3 Å². The summed E-state index contributed by atoms with van der Waals surface area (Å²) in [7, 11) is 0. The van der Waals surface area contributed by atoms with Crippen LogP contribution in [0.25, 0.3) is 0 Å². The number of alkyl halides is 1. The Balaban J connectivity index is 1.73. The van der Waals surface area contributed by atoms with Crippen molar-refractivity contribution >= 4 is 27.5 Å². The molecule has 0 bridgehead atoms. The second-order valence-electron chi connectivity index (χ2n) is 4.88. The summed E-state index contributed by atoms with van der Waals surface area (Å²) in [5.74, 6) is 1.21. The van der Waals surface area contributed by atoms with E-state index in [4.69, 9.17) is 0 Å². The third-order valence-electron chi connectivity index (χ3n) is 3.52. The molecule has 3 aliphatic rings. The molecule has 1 saturated carbocycles. The number of amides is 1. The number of nitrogens with zero attached hydrogens (tertiary/aromatic N) is 2. The molecule has 0 N–H and O–H groups in total. The quantitative estimate of drug-likeness (QED) is 0.700. The molecule has 0 aromatic heterocycles. The van der Waals surface area contributed by atoms with Gasteiger partial charge in [-0.3, -0.25) is 9.79 Å². The lowest BCUT2D eigenvalue weighted by atomic mass is 9.97. The van der Waals surface area contributed by atoms with Crippen LogP contribution in [-0.2, 0) is 4.79 Å². The summed E-state index contributed by atoms with van der Waals surface area (Å²) < 4.78 is 0. The van der Waals surface area contributed by atoms with Crippen molar-refractivity contribution in [3.05, 3.63) is 0 Å². The highest BCUT2D eigenvalue weighted by Gasteiger charge is 2.41. The first-order valence-electron chi connectivity index (χ1n) is 5.70. The van der Waals surface area contributed by atoms with Crippen molar-refractivity contribution in [2.75, 3.05) is 19.6 Å². The minimum atomic E-state index is 0.0990. The number of hydrogen-bond donors (Lipinski definition) is 0. The summed E-state index contributed by atoms with van der Waals surface area (Å²) in [5, 5.41) is 0. The average Bonchev–Trinajstić information content (AvgIpc) is 2.97. The van der Waals surface area contributed by atoms with Crippen LogP contribution in [0, 0.1) is 11.8 Å². The standard InChI is InChI=1S/C11H15BrN2O/c12-8-3-9-10(13-4-8)6-14(11(9)15)5-7-1-2-7/h7-9H,1-6H2. The van der Waals surface area contributed by atoms with Crippen LogP contribution in [0.4, 0.5) is 0 Å². The lowest BCUT2D eigenvalue weighted by Crippen LogP contribution is -2.30. The molecule has 2 unspecified atom stereocenters. The average molecular weight is 271 g/mol. The molecule has 0 spiro atoms. The van der Waals surface area contributed by atoms with Crippen molar-refractivity contribution in [2.24, 2.45) is 16.8 Å². The maximum atomic E-state index is 12.1. The van der Waals surface area contributed by atoms with Gasteiger partial charge in [0.1, 0.15) is 0 Å². The number of carbonyl (C=O) groups is 1. The fraction of sp³-hybridized carbons (Fsp3) is 0.818. The minimum absolute atomic E-state index is 0.0990. The summed E-state index contributed by atoms with van der Waals surface area (Å²) in [6.45, 7) is 2.62. The van der Waals surface area contributed by atoms with Crippen molar-refractivity contribution in [3.63, 3.8) is 0 Å². The SMILES string of the molecule is O=C1C2CC(Br)CN=C2CN1CC1CC1. The van der Waals surface area contributed by atoms with E-state index < -0.39 is 0 Å². The minimum Gasteiger partial charge on any atom is -0.336 e. The molecule has 0 radical (unpaired) electrons. The fourth-order valence-corrected chi connectivity index (χ4v) is 2.98. The topological polar surface area (TPSA) is 32.7 Å². The molecule has 0 aromatic carbocycles. The normalized spacial score (nSPS) is 35.4. The zero-order valence-electron chi connectivity index (χ0n) is 8.66. The van der Waals surface area contributed by atoms with Crippen molar-refractivity contribution in [1.29, 1.82) is 0 Å². The molecular formula is C11H15BrN2O. The molecule has 1 amide bonds. The summed E-state index contributed by atoms with van der Waals surface area (Å²) in [4.78, 5) is 19.0. The number of fused-ring (bicyclic) bond motifs is 1. The Morgan fingerprint density at radius 1 is 1.47 bits per heavy atom. The number of carbonyl (C=O) groups excluding carboxylic acids is 1. The molecule has 2 aliphatic heterocycles. The van der Waals surface area contributed by atoms with Gasteiger partial charge in [-0.15, -0.1) is 0 Å². The molecule has 4 heteroatoms.